The number of likely N-dealkylation sites (N-methyl/N-ethyl adjacent to an activating group) is 1. The van der Waals surface area contributed by atoms with Crippen LogP contribution in [0.15, 0.2) is 42.6 Å². The molecule has 2 aromatic heterocycles. The summed E-state index contributed by atoms with van der Waals surface area (Å²) in [6, 6.07) is 12.8. The maximum Gasteiger partial charge on any atom is 0.407 e. The number of hydrogen-bond acceptors (Lipinski definition) is 8. The van der Waals surface area contributed by atoms with E-state index in [-0.39, 0.29) is 42.8 Å². The molecule has 0 spiro atoms. The van der Waals surface area contributed by atoms with Crippen LogP contribution in [-0.4, -0.2) is 87.9 Å². The van der Waals surface area contributed by atoms with Crippen molar-refractivity contribution in [2.45, 2.75) is 31.3 Å². The molecule has 2 saturated heterocycles. The summed E-state index contributed by atoms with van der Waals surface area (Å²) in [5.41, 5.74) is 1.31. The van der Waals surface area contributed by atoms with Gasteiger partial charge >= 0.3 is 12.1 Å². The van der Waals surface area contributed by atoms with Crippen molar-refractivity contribution < 1.29 is 19.0 Å². The summed E-state index contributed by atoms with van der Waals surface area (Å²) in [5.74, 6) is 2.44. The first-order chi connectivity index (χ1) is 20.9. The number of anilines is 1. The number of halogens is 1. The summed E-state index contributed by atoms with van der Waals surface area (Å²) in [6.07, 6.45) is 8.31. The van der Waals surface area contributed by atoms with Crippen molar-refractivity contribution in [3.8, 4) is 35.7 Å². The molecule has 1 amide bonds. The Hall–Kier alpha value is -5.00. The fourth-order valence-electron chi connectivity index (χ4n) is 6.11. The predicted molar refractivity (Wildman–Crippen MR) is 160 cm³/mol. The van der Waals surface area contributed by atoms with Crippen LogP contribution in [0.5, 0.6) is 6.01 Å². The summed E-state index contributed by atoms with van der Waals surface area (Å²) >= 11 is 0. The molecule has 4 aromatic rings. The molecule has 218 valence electrons. The summed E-state index contributed by atoms with van der Waals surface area (Å²) in [4.78, 5) is 30.9. The van der Waals surface area contributed by atoms with Gasteiger partial charge in [0.15, 0.2) is 5.82 Å². The van der Waals surface area contributed by atoms with E-state index in [1.165, 1.54) is 11.1 Å². The van der Waals surface area contributed by atoms with Crippen LogP contribution in [0.1, 0.15) is 24.8 Å². The molecule has 2 aromatic carbocycles. The van der Waals surface area contributed by atoms with E-state index in [1.807, 2.05) is 42.3 Å². The van der Waals surface area contributed by atoms with E-state index in [0.29, 0.717) is 35.5 Å². The quantitative estimate of drug-likeness (QED) is 0.329. The molecule has 2 aliphatic rings. The first kappa shape index (κ1) is 28.1. The van der Waals surface area contributed by atoms with Gasteiger partial charge in [-0.1, -0.05) is 36.3 Å². The minimum atomic E-state index is -1.09. The molecule has 43 heavy (non-hydrogen) atoms. The second-order valence-electron chi connectivity index (χ2n) is 10.9. The zero-order valence-electron chi connectivity index (χ0n) is 23.7. The molecule has 11 heteroatoms. The number of pyridine rings is 1. The summed E-state index contributed by atoms with van der Waals surface area (Å²) in [5, 5.41) is 21.0. The highest BCUT2D eigenvalue weighted by atomic mass is 19.1. The molecule has 2 aliphatic heterocycles. The number of likely N-dealkylation sites (tertiary alicyclic amines) is 1. The van der Waals surface area contributed by atoms with Gasteiger partial charge in [0.1, 0.15) is 23.6 Å². The number of ether oxygens (including phenoxy) is 1. The number of piperazine rings is 1. The normalized spacial score (nSPS) is 19.0. The largest absolute Gasteiger partial charge is 0.465 e. The number of carboxylic acid groups (broad SMARTS) is 1. The SMILES string of the molecule is C#Cc1cccc2cccc(-c3ncc4c(N5CCN(C(=O)O)[C@@H](CC#N)C5)nc(OC[C@@H]5CCCN5C)nc4c3F)c12. The van der Waals surface area contributed by atoms with Gasteiger partial charge < -0.3 is 24.5 Å². The number of carbonyl (C=O) groups is 1. The first-order valence-electron chi connectivity index (χ1n) is 14.2. The highest BCUT2D eigenvalue weighted by Gasteiger charge is 2.33. The lowest BCUT2D eigenvalue weighted by Gasteiger charge is -2.39. The number of rotatable bonds is 6. The van der Waals surface area contributed by atoms with E-state index in [9.17, 15) is 15.2 Å². The van der Waals surface area contributed by atoms with E-state index in [0.717, 1.165) is 30.2 Å². The Kier molecular flexibility index (Phi) is 7.66. The van der Waals surface area contributed by atoms with E-state index in [2.05, 4.69) is 31.8 Å². The standard InChI is InChI=1S/C32H30FN7O3/c1-3-20-7-4-8-21-9-5-11-24(26(20)21)28-27(33)29-25(17-35-28)30(37-31(36-29)43-19-23-10-6-14-38(23)2)39-15-16-40(32(41)42)22(18-39)12-13-34/h1,4-5,7-9,11,17,22-23H,6,10,12,14-16,18-19H2,2H3,(H,41,42)/t22-,23-/m0/s1. The Labute approximate surface area is 248 Å². The Morgan fingerprint density at radius 2 is 2.00 bits per heavy atom. The van der Waals surface area contributed by atoms with Gasteiger partial charge in [0.2, 0.25) is 0 Å². The smallest absolute Gasteiger partial charge is 0.407 e. The lowest BCUT2D eigenvalue weighted by Crippen LogP contribution is -2.55. The number of nitriles is 1. The van der Waals surface area contributed by atoms with E-state index in [4.69, 9.17) is 11.2 Å². The van der Waals surface area contributed by atoms with Crippen LogP contribution in [-0.2, 0) is 0 Å². The Morgan fingerprint density at radius 3 is 2.72 bits per heavy atom. The molecular formula is C32H30FN7O3. The molecular weight excluding hydrogens is 549 g/mol. The third-order valence-electron chi connectivity index (χ3n) is 8.39. The molecule has 2 atom stereocenters. The average Bonchev–Trinajstić information content (AvgIpc) is 3.43. The van der Waals surface area contributed by atoms with Gasteiger partial charge in [0.25, 0.3) is 0 Å². The van der Waals surface area contributed by atoms with E-state index < -0.39 is 18.0 Å². The van der Waals surface area contributed by atoms with Gasteiger partial charge in [-0.3, -0.25) is 4.98 Å². The minimum Gasteiger partial charge on any atom is -0.465 e. The summed E-state index contributed by atoms with van der Waals surface area (Å²) in [7, 11) is 2.04. The second kappa shape index (κ2) is 11.7. The molecule has 6 rings (SSSR count). The van der Waals surface area contributed by atoms with Crippen LogP contribution in [0.4, 0.5) is 15.0 Å². The third-order valence-corrected chi connectivity index (χ3v) is 8.39. The van der Waals surface area contributed by atoms with Crippen molar-refractivity contribution in [3.05, 3.63) is 54.0 Å². The molecule has 0 unspecified atom stereocenters. The van der Waals surface area contributed by atoms with Crippen LogP contribution in [0.3, 0.4) is 0 Å². The van der Waals surface area contributed by atoms with Crippen molar-refractivity contribution in [2.75, 3.05) is 44.7 Å². The van der Waals surface area contributed by atoms with Crippen molar-refractivity contribution in [1.82, 2.24) is 24.8 Å². The van der Waals surface area contributed by atoms with Crippen molar-refractivity contribution in [2.24, 2.45) is 0 Å². The number of benzene rings is 2. The van der Waals surface area contributed by atoms with Gasteiger partial charge in [-0.25, -0.2) is 9.18 Å². The maximum absolute atomic E-state index is 16.6. The summed E-state index contributed by atoms with van der Waals surface area (Å²) in [6.45, 7) is 1.98. The molecule has 0 aliphatic carbocycles. The van der Waals surface area contributed by atoms with Crippen LogP contribution < -0.4 is 9.64 Å². The van der Waals surface area contributed by atoms with Crippen LogP contribution in [0.25, 0.3) is 32.9 Å². The van der Waals surface area contributed by atoms with Crippen LogP contribution in [0, 0.1) is 29.5 Å². The first-order valence-corrected chi connectivity index (χ1v) is 14.2. The number of amides is 1. The Bertz CT molecular complexity index is 1800. The fraction of sp³-hybridized carbons (Fsp3) is 0.344. The zero-order chi connectivity index (χ0) is 30.1. The second-order valence-corrected chi connectivity index (χ2v) is 10.9. The Morgan fingerprint density at radius 1 is 1.19 bits per heavy atom. The number of hydrogen-bond donors (Lipinski definition) is 1. The van der Waals surface area contributed by atoms with Gasteiger partial charge in [0, 0.05) is 48.4 Å². The van der Waals surface area contributed by atoms with E-state index >= 15 is 4.39 Å². The third kappa shape index (κ3) is 5.24. The lowest BCUT2D eigenvalue weighted by molar-refractivity contribution is 0.119. The molecule has 0 saturated carbocycles. The number of nitrogens with zero attached hydrogens (tertiary/aromatic N) is 7. The maximum atomic E-state index is 16.6. The van der Waals surface area contributed by atoms with Gasteiger partial charge in [-0.05, 0) is 37.9 Å². The van der Waals surface area contributed by atoms with Crippen LogP contribution >= 0.6 is 0 Å². The van der Waals surface area contributed by atoms with Gasteiger partial charge in [0.05, 0.1) is 23.9 Å². The predicted octanol–water partition coefficient (Wildman–Crippen LogP) is 4.52. The highest BCUT2D eigenvalue weighted by Crippen LogP contribution is 2.36. The number of fused-ring (bicyclic) bond motifs is 2. The molecule has 10 nitrogen and oxygen atoms in total. The highest BCUT2D eigenvalue weighted by molar-refractivity contribution is 6.02. The number of terminal acetylenes is 1. The lowest BCUT2D eigenvalue weighted by atomic mass is 9.97. The van der Waals surface area contributed by atoms with Gasteiger partial charge in [-0.2, -0.15) is 15.2 Å². The monoisotopic (exact) mass is 579 g/mol. The zero-order valence-corrected chi connectivity index (χ0v) is 23.7. The Balaban J connectivity index is 1.48. The molecule has 0 radical (unpaired) electrons. The summed E-state index contributed by atoms with van der Waals surface area (Å²) < 4.78 is 22.7. The molecule has 1 N–H and O–H groups in total. The molecule has 0 bridgehead atoms. The topological polar surface area (TPSA) is 119 Å². The van der Waals surface area contributed by atoms with Crippen LogP contribution in [0.2, 0.25) is 0 Å². The molecule has 2 fully saturated rings. The molecule has 4 heterocycles. The van der Waals surface area contributed by atoms with E-state index in [1.54, 1.807) is 6.07 Å². The average molecular weight is 580 g/mol. The fourth-order valence-corrected chi connectivity index (χ4v) is 6.11. The number of aromatic nitrogens is 3. The van der Waals surface area contributed by atoms with Crippen molar-refractivity contribution in [1.29, 1.82) is 5.26 Å². The van der Waals surface area contributed by atoms with Crippen molar-refractivity contribution >= 4 is 33.6 Å². The van der Waals surface area contributed by atoms with Gasteiger partial charge in [-0.15, -0.1) is 6.42 Å². The van der Waals surface area contributed by atoms with Crippen molar-refractivity contribution in [3.63, 3.8) is 0 Å². The minimum absolute atomic E-state index is 0.0124.